The normalized spacial score (nSPS) is 15.1. The topological polar surface area (TPSA) is 106 Å². The fourth-order valence-electron chi connectivity index (χ4n) is 5.39. The van der Waals surface area contributed by atoms with Crippen LogP contribution < -0.4 is 25.6 Å². The Hall–Kier alpha value is -3.40. The van der Waals surface area contributed by atoms with Crippen molar-refractivity contribution in [3.05, 3.63) is 59.0 Å². The maximum atomic E-state index is 12.9. The van der Waals surface area contributed by atoms with Gasteiger partial charge in [0.15, 0.2) is 0 Å². The van der Waals surface area contributed by atoms with E-state index in [9.17, 15) is 4.57 Å². The Balaban J connectivity index is 1.39. The number of benzene rings is 2. The standard InChI is InChI=1S/C30H35BrN7O3P/c1-18(2)37-11-10-23-21(15-38(36-23)19-16-41-17-19)20-12-25(27(40-3)13-26(20)37)34-30-32-14-22(31)29(35-30)33-24-8-6-7-9-28(24)42(4,5)39/h6-9,12-15,18-19H,10-11,16-17H2,1-5H3,(H2,32,33,34,35). The van der Waals surface area contributed by atoms with Crippen LogP contribution in [-0.2, 0) is 15.7 Å². The van der Waals surface area contributed by atoms with E-state index >= 15 is 0 Å². The lowest BCUT2D eigenvalue weighted by molar-refractivity contribution is -0.0287. The van der Waals surface area contributed by atoms with E-state index in [2.05, 4.69) is 73.3 Å². The van der Waals surface area contributed by atoms with Crippen LogP contribution in [0.2, 0.25) is 0 Å². The van der Waals surface area contributed by atoms with Crippen molar-refractivity contribution in [3.8, 4) is 16.9 Å². The Morgan fingerprint density at radius 1 is 1.12 bits per heavy atom. The number of aromatic nitrogens is 4. The number of fused-ring (bicyclic) bond motifs is 3. The van der Waals surface area contributed by atoms with Gasteiger partial charge in [-0.3, -0.25) is 4.68 Å². The second-order valence-electron chi connectivity index (χ2n) is 11.3. The van der Waals surface area contributed by atoms with Gasteiger partial charge >= 0.3 is 0 Å². The van der Waals surface area contributed by atoms with Gasteiger partial charge < -0.3 is 29.6 Å². The van der Waals surface area contributed by atoms with Crippen LogP contribution in [0.5, 0.6) is 5.75 Å². The summed E-state index contributed by atoms with van der Waals surface area (Å²) >= 11 is 3.56. The molecule has 0 saturated carbocycles. The predicted octanol–water partition coefficient (Wildman–Crippen LogP) is 6.19. The molecule has 0 radical (unpaired) electrons. The predicted molar refractivity (Wildman–Crippen MR) is 172 cm³/mol. The molecule has 0 spiro atoms. The highest BCUT2D eigenvalue weighted by molar-refractivity contribution is 9.10. The molecule has 1 saturated heterocycles. The third-order valence-corrected chi connectivity index (χ3v) is 9.79. The van der Waals surface area contributed by atoms with Crippen molar-refractivity contribution in [1.29, 1.82) is 0 Å². The number of nitrogens with one attached hydrogen (secondary N) is 2. The average molecular weight is 653 g/mol. The third kappa shape index (κ3) is 5.53. The highest BCUT2D eigenvalue weighted by atomic mass is 79.9. The highest BCUT2D eigenvalue weighted by Gasteiger charge is 2.29. The molecule has 0 bridgehead atoms. The van der Waals surface area contributed by atoms with Crippen LogP contribution in [0.4, 0.5) is 28.8 Å². The largest absolute Gasteiger partial charge is 0.494 e. The van der Waals surface area contributed by atoms with E-state index < -0.39 is 7.14 Å². The van der Waals surface area contributed by atoms with Crippen LogP contribution in [-0.4, -0.2) is 66.0 Å². The van der Waals surface area contributed by atoms with Gasteiger partial charge in [-0.1, -0.05) is 12.1 Å². The lowest BCUT2D eigenvalue weighted by atomic mass is 10.0. The van der Waals surface area contributed by atoms with Crippen LogP contribution in [0.15, 0.2) is 53.3 Å². The van der Waals surface area contributed by atoms with Crippen molar-refractivity contribution in [1.82, 2.24) is 19.7 Å². The van der Waals surface area contributed by atoms with Gasteiger partial charge in [-0.2, -0.15) is 10.1 Å². The molecule has 6 rings (SSSR count). The maximum absolute atomic E-state index is 12.9. The first-order valence-electron chi connectivity index (χ1n) is 14.0. The van der Waals surface area contributed by atoms with E-state index in [1.54, 1.807) is 26.6 Å². The number of hydrogen-bond acceptors (Lipinski definition) is 9. The molecule has 42 heavy (non-hydrogen) atoms. The summed E-state index contributed by atoms with van der Waals surface area (Å²) in [7, 11) is -0.843. The molecular weight excluding hydrogens is 617 g/mol. The van der Waals surface area contributed by atoms with E-state index in [0.717, 1.165) is 52.2 Å². The zero-order valence-corrected chi connectivity index (χ0v) is 26.9. The minimum atomic E-state index is -2.51. The maximum Gasteiger partial charge on any atom is 0.229 e. The fraction of sp³-hybridized carbons (Fsp3) is 0.367. The summed E-state index contributed by atoms with van der Waals surface area (Å²) in [6, 6.07) is 12.4. The van der Waals surface area contributed by atoms with Gasteiger partial charge in [-0.25, -0.2) is 4.98 Å². The van der Waals surface area contributed by atoms with Gasteiger partial charge in [0.05, 0.1) is 47.9 Å². The lowest BCUT2D eigenvalue weighted by Crippen LogP contribution is -2.33. The first kappa shape index (κ1) is 28.7. The van der Waals surface area contributed by atoms with E-state index in [1.807, 2.05) is 24.3 Å². The molecule has 0 atom stereocenters. The SMILES string of the molecule is COc1cc2c(cc1Nc1ncc(Br)c(Nc3ccccc3P(C)(C)=O)n1)-c1cn(C3COC3)nc1CCN2C(C)C. The molecule has 4 heterocycles. The number of rotatable bonds is 8. The van der Waals surface area contributed by atoms with E-state index in [-0.39, 0.29) is 6.04 Å². The molecule has 2 aromatic carbocycles. The molecule has 0 amide bonds. The number of anilines is 5. The van der Waals surface area contributed by atoms with Gasteiger partial charge in [-0.05, 0) is 61.3 Å². The Kier molecular flexibility index (Phi) is 7.76. The Morgan fingerprint density at radius 3 is 2.60 bits per heavy atom. The van der Waals surface area contributed by atoms with Crippen LogP contribution in [0.1, 0.15) is 25.6 Å². The van der Waals surface area contributed by atoms with E-state index in [1.165, 1.54) is 0 Å². The molecule has 2 N–H and O–H groups in total. The second-order valence-corrected chi connectivity index (χ2v) is 15.3. The quantitative estimate of drug-likeness (QED) is 0.216. The molecular formula is C30H35BrN7O3P. The summed E-state index contributed by atoms with van der Waals surface area (Å²) in [5, 5.41) is 12.5. The summed E-state index contributed by atoms with van der Waals surface area (Å²) in [6.07, 6.45) is 4.69. The molecule has 0 unspecified atom stereocenters. The smallest absolute Gasteiger partial charge is 0.229 e. The van der Waals surface area contributed by atoms with Crippen LogP contribution in [0, 0.1) is 0 Å². The number of halogens is 1. The molecule has 1 fully saturated rings. The number of nitrogens with zero attached hydrogens (tertiary/aromatic N) is 5. The minimum Gasteiger partial charge on any atom is -0.494 e. The van der Waals surface area contributed by atoms with E-state index in [0.29, 0.717) is 41.2 Å². The van der Waals surface area contributed by atoms with Crippen LogP contribution in [0.25, 0.3) is 11.1 Å². The summed E-state index contributed by atoms with van der Waals surface area (Å²) in [6.45, 7) is 10.2. The van der Waals surface area contributed by atoms with Gasteiger partial charge in [0.1, 0.15) is 18.7 Å². The van der Waals surface area contributed by atoms with Crippen molar-refractivity contribution in [2.75, 3.05) is 55.7 Å². The highest BCUT2D eigenvalue weighted by Crippen LogP contribution is 2.44. The third-order valence-electron chi connectivity index (χ3n) is 7.66. The van der Waals surface area contributed by atoms with Gasteiger partial charge in [0.25, 0.3) is 0 Å². The fourth-order valence-corrected chi connectivity index (χ4v) is 6.83. The number of methoxy groups -OCH3 is 1. The number of ether oxygens (including phenoxy) is 2. The van der Waals surface area contributed by atoms with E-state index in [4.69, 9.17) is 19.6 Å². The van der Waals surface area contributed by atoms with Crippen LogP contribution in [0.3, 0.4) is 0 Å². The Bertz CT molecular complexity index is 1680. The van der Waals surface area contributed by atoms with Crippen molar-refractivity contribution >= 4 is 57.2 Å². The first-order valence-corrected chi connectivity index (χ1v) is 17.4. The number of hydrogen-bond donors (Lipinski definition) is 2. The van der Waals surface area contributed by atoms with Gasteiger partial charge in [0.2, 0.25) is 5.95 Å². The van der Waals surface area contributed by atoms with Crippen molar-refractivity contribution < 1.29 is 14.0 Å². The summed E-state index contributed by atoms with van der Waals surface area (Å²) in [5.41, 5.74) is 5.87. The summed E-state index contributed by atoms with van der Waals surface area (Å²) < 4.78 is 27.0. The molecule has 0 aliphatic carbocycles. The van der Waals surface area contributed by atoms with Crippen molar-refractivity contribution in [3.63, 3.8) is 0 Å². The molecule has 12 heteroatoms. The molecule has 2 aliphatic rings. The molecule has 2 aromatic heterocycles. The van der Waals surface area contributed by atoms with Crippen molar-refractivity contribution in [2.24, 2.45) is 0 Å². The summed E-state index contributed by atoms with van der Waals surface area (Å²) in [4.78, 5) is 11.7. The summed E-state index contributed by atoms with van der Waals surface area (Å²) in [5.74, 6) is 1.63. The zero-order valence-electron chi connectivity index (χ0n) is 24.4. The van der Waals surface area contributed by atoms with Gasteiger partial charge in [-0.15, -0.1) is 0 Å². The average Bonchev–Trinajstić information content (AvgIpc) is 3.26. The number of para-hydroxylation sites is 1. The van der Waals surface area contributed by atoms with Gasteiger partial charge in [0, 0.05) is 59.6 Å². The molecule has 2 aliphatic heterocycles. The molecule has 10 nitrogen and oxygen atoms in total. The Morgan fingerprint density at radius 2 is 1.90 bits per heavy atom. The molecule has 4 aromatic rings. The Labute approximate surface area is 254 Å². The second kappa shape index (κ2) is 11.4. The van der Waals surface area contributed by atoms with Crippen LogP contribution >= 0.6 is 23.1 Å². The zero-order chi connectivity index (χ0) is 29.6. The lowest BCUT2D eigenvalue weighted by Gasteiger charge is -2.30. The monoisotopic (exact) mass is 651 g/mol. The first-order chi connectivity index (χ1) is 20.1. The van der Waals surface area contributed by atoms with Crippen molar-refractivity contribution in [2.45, 2.75) is 32.4 Å². The minimum absolute atomic E-state index is 0.277. The molecule has 220 valence electrons.